The fourth-order valence-electron chi connectivity index (χ4n) is 4.52. The molecule has 132 valence electrons. The van der Waals surface area contributed by atoms with Gasteiger partial charge >= 0.3 is 0 Å². The van der Waals surface area contributed by atoms with Gasteiger partial charge in [-0.05, 0) is 33.0 Å². The summed E-state index contributed by atoms with van der Waals surface area (Å²) >= 11 is 0. The number of aliphatic hydroxyl groups excluding tert-OH is 1. The van der Waals surface area contributed by atoms with Crippen molar-refractivity contribution in [1.82, 2.24) is 0 Å². The summed E-state index contributed by atoms with van der Waals surface area (Å²) in [6.45, 7) is 9.54. The Morgan fingerprint density at radius 2 is 1.46 bits per heavy atom. The summed E-state index contributed by atoms with van der Waals surface area (Å²) in [6, 6.07) is 24.2. The molecule has 3 aromatic rings. The highest BCUT2D eigenvalue weighted by molar-refractivity contribution is 7.00. The van der Waals surface area contributed by atoms with Gasteiger partial charge in [0.05, 0.1) is 6.61 Å². The van der Waals surface area contributed by atoms with Crippen LogP contribution in [-0.2, 0) is 12.0 Å². The van der Waals surface area contributed by atoms with E-state index in [2.05, 4.69) is 87.6 Å². The Hall–Kier alpha value is -2.16. The summed E-state index contributed by atoms with van der Waals surface area (Å²) < 4.78 is 0. The molecule has 1 aliphatic carbocycles. The van der Waals surface area contributed by atoms with E-state index in [4.69, 9.17) is 0 Å². The molecule has 2 heteroatoms. The van der Waals surface area contributed by atoms with Crippen LogP contribution in [0.3, 0.4) is 0 Å². The maximum Gasteiger partial charge on any atom is 0.112 e. The molecule has 1 N–H and O–H groups in total. The van der Waals surface area contributed by atoms with Gasteiger partial charge in [-0.3, -0.25) is 0 Å². The van der Waals surface area contributed by atoms with Crippen molar-refractivity contribution < 1.29 is 5.11 Å². The third kappa shape index (κ3) is 2.40. The number of rotatable bonds is 3. The number of hydrogen-bond donors (Lipinski definition) is 1. The molecule has 0 bridgehead atoms. The predicted octanol–water partition coefficient (Wildman–Crippen LogP) is 4.31. The minimum Gasteiger partial charge on any atom is -0.392 e. The highest BCUT2D eigenvalue weighted by Crippen LogP contribution is 2.48. The average molecular weight is 359 g/mol. The zero-order valence-electron chi connectivity index (χ0n) is 16.0. The summed E-state index contributed by atoms with van der Waals surface area (Å²) in [5.41, 5.74) is 6.68. The van der Waals surface area contributed by atoms with E-state index in [0.29, 0.717) is 0 Å². The van der Waals surface area contributed by atoms with Crippen LogP contribution in [0.25, 0.3) is 11.1 Å². The highest BCUT2D eigenvalue weighted by atomic mass is 28.3. The lowest BCUT2D eigenvalue weighted by molar-refractivity contribution is 0.283. The first kappa shape index (κ1) is 17.3. The Morgan fingerprint density at radius 3 is 2.23 bits per heavy atom. The number of aliphatic hydroxyl groups is 1. The maximum atomic E-state index is 9.81. The molecule has 0 saturated heterocycles. The van der Waals surface area contributed by atoms with Gasteiger partial charge in [-0.2, -0.15) is 0 Å². The molecule has 0 atom stereocenters. The summed E-state index contributed by atoms with van der Waals surface area (Å²) in [5.74, 6) is 0. The molecule has 0 heterocycles. The maximum absolute atomic E-state index is 9.81. The summed E-state index contributed by atoms with van der Waals surface area (Å²) in [7, 11) is -1.89. The Morgan fingerprint density at radius 1 is 0.808 bits per heavy atom. The SMILES string of the molecule is CC1(C)c2ccccc2-c2ccc([Si](C)(C)c3ccccc3CO)cc21. The molecule has 0 radical (unpaired) electrons. The summed E-state index contributed by atoms with van der Waals surface area (Å²) in [6.07, 6.45) is 0. The lowest BCUT2D eigenvalue weighted by Gasteiger charge is -2.28. The molecule has 0 amide bonds. The van der Waals surface area contributed by atoms with Gasteiger partial charge in [0.15, 0.2) is 0 Å². The second kappa shape index (κ2) is 5.93. The molecule has 0 aliphatic heterocycles. The van der Waals surface area contributed by atoms with Crippen LogP contribution < -0.4 is 10.4 Å². The van der Waals surface area contributed by atoms with Crippen molar-refractivity contribution in [3.05, 3.63) is 83.4 Å². The molecule has 0 unspecified atom stereocenters. The van der Waals surface area contributed by atoms with Crippen LogP contribution in [0, 0.1) is 0 Å². The van der Waals surface area contributed by atoms with Crippen LogP contribution in [0.4, 0.5) is 0 Å². The molecule has 1 nitrogen and oxygen atoms in total. The van der Waals surface area contributed by atoms with Crippen LogP contribution in [0.2, 0.25) is 13.1 Å². The van der Waals surface area contributed by atoms with Gasteiger partial charge in [0.1, 0.15) is 8.07 Å². The second-order valence-corrected chi connectivity index (χ2v) is 12.7. The zero-order valence-corrected chi connectivity index (χ0v) is 17.0. The van der Waals surface area contributed by atoms with Crippen molar-refractivity contribution in [1.29, 1.82) is 0 Å². The fraction of sp³-hybridized carbons (Fsp3) is 0.250. The first-order valence-electron chi connectivity index (χ1n) is 9.31. The lowest BCUT2D eigenvalue weighted by atomic mass is 9.82. The molecule has 3 aromatic carbocycles. The van der Waals surface area contributed by atoms with Gasteiger partial charge in [0.25, 0.3) is 0 Å². The van der Waals surface area contributed by atoms with Crippen molar-refractivity contribution in [2.45, 2.75) is 39.0 Å². The highest BCUT2D eigenvalue weighted by Gasteiger charge is 2.37. The van der Waals surface area contributed by atoms with Crippen LogP contribution in [0.15, 0.2) is 66.7 Å². The van der Waals surface area contributed by atoms with Crippen LogP contribution in [0.1, 0.15) is 30.5 Å². The fourth-order valence-corrected chi connectivity index (χ4v) is 7.31. The van der Waals surface area contributed by atoms with Gasteiger partial charge in [-0.15, -0.1) is 0 Å². The van der Waals surface area contributed by atoms with Crippen molar-refractivity contribution in [3.63, 3.8) is 0 Å². The zero-order chi connectivity index (χ0) is 18.5. The largest absolute Gasteiger partial charge is 0.392 e. The standard InChI is InChI=1S/C24H26OSi/c1-24(2)21-11-7-6-10-19(21)20-14-13-18(15-22(20)24)26(3,4)23-12-8-5-9-17(23)16-25/h5-15,25H,16H2,1-4H3. The monoisotopic (exact) mass is 358 g/mol. The summed E-state index contributed by atoms with van der Waals surface area (Å²) in [4.78, 5) is 0. The van der Waals surface area contributed by atoms with E-state index in [9.17, 15) is 5.11 Å². The van der Waals surface area contributed by atoms with Gasteiger partial charge in [0, 0.05) is 5.41 Å². The summed E-state index contributed by atoms with van der Waals surface area (Å²) in [5, 5.41) is 12.6. The van der Waals surface area contributed by atoms with E-state index in [1.807, 2.05) is 6.07 Å². The smallest absolute Gasteiger partial charge is 0.112 e. The van der Waals surface area contributed by atoms with Gasteiger partial charge in [0.2, 0.25) is 0 Å². The molecule has 26 heavy (non-hydrogen) atoms. The molecule has 0 spiro atoms. The van der Waals surface area contributed by atoms with E-state index in [0.717, 1.165) is 5.56 Å². The van der Waals surface area contributed by atoms with E-state index >= 15 is 0 Å². The number of fused-ring (bicyclic) bond motifs is 3. The van der Waals surface area contributed by atoms with Crippen molar-refractivity contribution >= 4 is 18.4 Å². The number of hydrogen-bond acceptors (Lipinski definition) is 1. The van der Waals surface area contributed by atoms with Gasteiger partial charge in [-0.1, -0.05) is 98.9 Å². The minimum atomic E-state index is -1.89. The van der Waals surface area contributed by atoms with E-state index in [1.165, 1.54) is 32.6 Å². The number of benzene rings is 3. The van der Waals surface area contributed by atoms with Crippen molar-refractivity contribution in [2.75, 3.05) is 0 Å². The molecular weight excluding hydrogens is 332 g/mol. The van der Waals surface area contributed by atoms with Gasteiger partial charge < -0.3 is 5.11 Å². The van der Waals surface area contributed by atoms with Crippen LogP contribution in [-0.4, -0.2) is 13.2 Å². The molecule has 1 aliphatic rings. The third-order valence-electron chi connectivity index (χ3n) is 6.17. The molecule has 4 rings (SSSR count). The quantitative estimate of drug-likeness (QED) is 0.692. The topological polar surface area (TPSA) is 20.2 Å². The third-order valence-corrected chi connectivity index (χ3v) is 9.76. The Balaban J connectivity index is 1.88. The normalized spacial score (nSPS) is 14.8. The second-order valence-electron chi connectivity index (χ2n) is 8.37. The van der Waals surface area contributed by atoms with Crippen LogP contribution in [0.5, 0.6) is 0 Å². The average Bonchev–Trinajstić information content (AvgIpc) is 2.89. The molecule has 0 fully saturated rings. The first-order valence-corrected chi connectivity index (χ1v) is 12.3. The lowest BCUT2D eigenvalue weighted by Crippen LogP contribution is -2.54. The minimum absolute atomic E-state index is 0.0307. The molecule has 0 saturated carbocycles. The Bertz CT molecular complexity index is 985. The first-order chi connectivity index (χ1) is 12.4. The van der Waals surface area contributed by atoms with E-state index < -0.39 is 8.07 Å². The molecule has 0 aromatic heterocycles. The van der Waals surface area contributed by atoms with Crippen LogP contribution >= 0.6 is 0 Å². The Kier molecular flexibility index (Phi) is 3.94. The predicted molar refractivity (Wildman–Crippen MR) is 113 cm³/mol. The molecular formula is C24H26OSi. The van der Waals surface area contributed by atoms with Gasteiger partial charge in [-0.25, -0.2) is 0 Å². The Labute approximate surface area is 157 Å². The van der Waals surface area contributed by atoms with E-state index in [-0.39, 0.29) is 12.0 Å². The van der Waals surface area contributed by atoms with Crippen molar-refractivity contribution in [3.8, 4) is 11.1 Å². The van der Waals surface area contributed by atoms with E-state index in [1.54, 1.807) is 0 Å². The van der Waals surface area contributed by atoms with Crippen molar-refractivity contribution in [2.24, 2.45) is 0 Å².